The largest absolute Gasteiger partial charge is 0.490 e. The van der Waals surface area contributed by atoms with E-state index in [9.17, 15) is 14.4 Å². The molecule has 32 heavy (non-hydrogen) atoms. The van der Waals surface area contributed by atoms with Crippen LogP contribution in [0.5, 0.6) is 11.5 Å². The summed E-state index contributed by atoms with van der Waals surface area (Å²) in [4.78, 5) is 43.2. The molecule has 0 unspecified atom stereocenters. The van der Waals surface area contributed by atoms with Gasteiger partial charge in [0.05, 0.1) is 19.4 Å². The van der Waals surface area contributed by atoms with Gasteiger partial charge < -0.3 is 19.1 Å². The number of benzene rings is 1. The number of amides is 2. The fourth-order valence-electron chi connectivity index (χ4n) is 3.31. The first kappa shape index (κ1) is 23.5. The summed E-state index contributed by atoms with van der Waals surface area (Å²) in [6, 6.07) is 4.75. The predicted molar refractivity (Wildman–Crippen MR) is 120 cm³/mol. The highest BCUT2D eigenvalue weighted by Gasteiger charge is 2.20. The van der Waals surface area contributed by atoms with Gasteiger partial charge in [-0.1, -0.05) is 11.3 Å². The van der Waals surface area contributed by atoms with Crippen molar-refractivity contribution in [2.75, 3.05) is 38.7 Å². The van der Waals surface area contributed by atoms with Gasteiger partial charge in [0.25, 0.3) is 11.8 Å². The van der Waals surface area contributed by atoms with Crippen molar-refractivity contribution in [1.82, 2.24) is 9.88 Å². The lowest BCUT2D eigenvalue weighted by Gasteiger charge is -2.26. The van der Waals surface area contributed by atoms with Crippen molar-refractivity contribution in [3.8, 4) is 11.5 Å². The number of anilines is 1. The van der Waals surface area contributed by atoms with E-state index < -0.39 is 11.9 Å². The number of ether oxygens (including phenoxy) is 3. The molecule has 1 aliphatic rings. The molecule has 0 spiro atoms. The monoisotopic (exact) mass is 461 g/mol. The molecule has 10 heteroatoms. The van der Waals surface area contributed by atoms with E-state index in [1.54, 1.807) is 25.1 Å². The molecule has 3 rings (SSSR count). The number of thiazole rings is 1. The standard InChI is InChI=1S/C22H27N3O6S/c1-4-30-17-12-15(20(27)24-22-23-14(2)19(32-22)21(28)29-3)8-9-16(17)31-13-18(26)25-10-6-5-7-11-25/h8-9,12H,4-7,10-11,13H2,1-3H3,(H,23,24,27). The number of methoxy groups -OCH3 is 1. The van der Waals surface area contributed by atoms with Crippen molar-refractivity contribution < 1.29 is 28.6 Å². The summed E-state index contributed by atoms with van der Waals surface area (Å²) in [5, 5.41) is 2.97. The maximum absolute atomic E-state index is 12.7. The van der Waals surface area contributed by atoms with E-state index in [1.807, 2.05) is 11.8 Å². The maximum atomic E-state index is 12.7. The van der Waals surface area contributed by atoms with Crippen LogP contribution in [-0.4, -0.2) is 61.1 Å². The number of hydrogen-bond donors (Lipinski definition) is 1. The Bertz CT molecular complexity index is 984. The number of rotatable bonds is 8. The van der Waals surface area contributed by atoms with Crippen LogP contribution in [-0.2, 0) is 9.53 Å². The second kappa shape index (κ2) is 10.9. The molecule has 0 atom stereocenters. The van der Waals surface area contributed by atoms with Gasteiger partial charge in [-0.2, -0.15) is 0 Å². The summed E-state index contributed by atoms with van der Waals surface area (Å²) in [5.74, 6) is -0.203. The van der Waals surface area contributed by atoms with E-state index in [0.717, 1.165) is 43.7 Å². The first-order valence-electron chi connectivity index (χ1n) is 10.5. The third-order valence-electron chi connectivity index (χ3n) is 4.95. The number of nitrogens with zero attached hydrogens (tertiary/aromatic N) is 2. The van der Waals surface area contributed by atoms with Gasteiger partial charge in [0.1, 0.15) is 4.88 Å². The van der Waals surface area contributed by atoms with Crippen molar-refractivity contribution in [2.24, 2.45) is 0 Å². The van der Waals surface area contributed by atoms with Crippen LogP contribution in [0, 0.1) is 6.92 Å². The number of aryl methyl sites for hydroxylation is 1. The van der Waals surface area contributed by atoms with E-state index >= 15 is 0 Å². The SMILES string of the molecule is CCOc1cc(C(=O)Nc2nc(C)c(C(=O)OC)s2)ccc1OCC(=O)N1CCCCC1. The fourth-order valence-corrected chi connectivity index (χ4v) is 4.19. The fraction of sp³-hybridized carbons (Fsp3) is 0.455. The normalized spacial score (nSPS) is 13.4. The van der Waals surface area contributed by atoms with Gasteiger partial charge in [-0.25, -0.2) is 9.78 Å². The van der Waals surface area contributed by atoms with Crippen LogP contribution in [0.1, 0.15) is 51.9 Å². The number of carbonyl (C=O) groups is 3. The lowest BCUT2D eigenvalue weighted by atomic mass is 10.1. The third kappa shape index (κ3) is 5.76. The van der Waals surface area contributed by atoms with E-state index in [-0.39, 0.29) is 12.5 Å². The molecule has 172 valence electrons. The number of likely N-dealkylation sites (tertiary alicyclic amines) is 1. The molecule has 0 aliphatic carbocycles. The summed E-state index contributed by atoms with van der Waals surface area (Å²) in [6.07, 6.45) is 3.17. The minimum Gasteiger partial charge on any atom is -0.490 e. The Morgan fingerprint density at radius 3 is 2.56 bits per heavy atom. The zero-order chi connectivity index (χ0) is 23.1. The molecule has 1 fully saturated rings. The molecule has 9 nitrogen and oxygen atoms in total. The van der Waals surface area contributed by atoms with Gasteiger partial charge in [0, 0.05) is 18.7 Å². The summed E-state index contributed by atoms with van der Waals surface area (Å²) in [6.45, 7) is 5.29. The minimum atomic E-state index is -0.500. The predicted octanol–water partition coefficient (Wildman–Crippen LogP) is 3.28. The van der Waals surface area contributed by atoms with Crippen molar-refractivity contribution in [1.29, 1.82) is 0 Å². The van der Waals surface area contributed by atoms with Gasteiger partial charge >= 0.3 is 5.97 Å². The molecular formula is C22H27N3O6S. The average molecular weight is 462 g/mol. The smallest absolute Gasteiger partial charge is 0.350 e. The molecule has 0 radical (unpaired) electrons. The zero-order valence-corrected chi connectivity index (χ0v) is 19.3. The zero-order valence-electron chi connectivity index (χ0n) is 18.4. The first-order valence-corrected chi connectivity index (χ1v) is 11.3. The highest BCUT2D eigenvalue weighted by molar-refractivity contribution is 7.17. The minimum absolute atomic E-state index is 0.0606. The third-order valence-corrected chi connectivity index (χ3v) is 6.01. The van der Waals surface area contributed by atoms with Crippen LogP contribution >= 0.6 is 11.3 Å². The number of carbonyl (C=O) groups excluding carboxylic acids is 3. The molecular weight excluding hydrogens is 434 g/mol. The highest BCUT2D eigenvalue weighted by atomic mass is 32.1. The van der Waals surface area contributed by atoms with Crippen LogP contribution in [0.3, 0.4) is 0 Å². The average Bonchev–Trinajstić information content (AvgIpc) is 3.17. The number of piperidine rings is 1. The lowest BCUT2D eigenvalue weighted by Crippen LogP contribution is -2.38. The van der Waals surface area contributed by atoms with Gasteiger partial charge in [-0.05, 0) is 51.3 Å². The molecule has 1 aromatic carbocycles. The Morgan fingerprint density at radius 1 is 1.12 bits per heavy atom. The van der Waals surface area contributed by atoms with E-state index in [4.69, 9.17) is 14.2 Å². The topological polar surface area (TPSA) is 107 Å². The van der Waals surface area contributed by atoms with Crippen LogP contribution in [0.4, 0.5) is 5.13 Å². The van der Waals surface area contributed by atoms with E-state index in [2.05, 4.69) is 10.3 Å². The van der Waals surface area contributed by atoms with Gasteiger partial charge in [0.15, 0.2) is 23.2 Å². The molecule has 0 saturated carbocycles. The van der Waals surface area contributed by atoms with Crippen LogP contribution in [0.25, 0.3) is 0 Å². The summed E-state index contributed by atoms with van der Waals surface area (Å²) in [5.41, 5.74) is 0.810. The van der Waals surface area contributed by atoms with Crippen LogP contribution in [0.15, 0.2) is 18.2 Å². The second-order valence-corrected chi connectivity index (χ2v) is 8.20. The van der Waals surface area contributed by atoms with Crippen molar-refractivity contribution >= 4 is 34.3 Å². The first-order chi connectivity index (χ1) is 15.4. The Hall–Kier alpha value is -3.14. The summed E-state index contributed by atoms with van der Waals surface area (Å²) >= 11 is 1.04. The van der Waals surface area contributed by atoms with Crippen molar-refractivity contribution in [2.45, 2.75) is 33.1 Å². The number of esters is 1. The van der Waals surface area contributed by atoms with Gasteiger partial charge in [0.2, 0.25) is 0 Å². The Labute approximate surface area is 190 Å². The van der Waals surface area contributed by atoms with E-state index in [1.165, 1.54) is 7.11 Å². The van der Waals surface area contributed by atoms with Crippen molar-refractivity contribution in [3.63, 3.8) is 0 Å². The lowest BCUT2D eigenvalue weighted by molar-refractivity contribution is -0.134. The van der Waals surface area contributed by atoms with Crippen LogP contribution < -0.4 is 14.8 Å². The molecule has 1 saturated heterocycles. The Balaban J connectivity index is 1.68. The molecule has 2 heterocycles. The summed E-state index contributed by atoms with van der Waals surface area (Å²) in [7, 11) is 1.29. The molecule has 0 bridgehead atoms. The van der Waals surface area contributed by atoms with Gasteiger partial charge in [-0.15, -0.1) is 0 Å². The quantitative estimate of drug-likeness (QED) is 0.601. The molecule has 1 aliphatic heterocycles. The summed E-state index contributed by atoms with van der Waals surface area (Å²) < 4.78 is 16.0. The molecule has 1 aromatic heterocycles. The second-order valence-electron chi connectivity index (χ2n) is 7.20. The highest BCUT2D eigenvalue weighted by Crippen LogP contribution is 2.30. The van der Waals surface area contributed by atoms with Crippen LogP contribution in [0.2, 0.25) is 0 Å². The molecule has 1 N–H and O–H groups in total. The van der Waals surface area contributed by atoms with Crippen molar-refractivity contribution in [3.05, 3.63) is 34.3 Å². The molecule has 2 amide bonds. The number of hydrogen-bond acceptors (Lipinski definition) is 8. The van der Waals surface area contributed by atoms with Gasteiger partial charge in [-0.3, -0.25) is 14.9 Å². The van der Waals surface area contributed by atoms with E-state index in [0.29, 0.717) is 39.4 Å². The Morgan fingerprint density at radius 2 is 1.88 bits per heavy atom. The number of nitrogens with one attached hydrogen (secondary N) is 1. The maximum Gasteiger partial charge on any atom is 0.350 e. The Kier molecular flexibility index (Phi) is 8.04. The molecule has 2 aromatic rings. The number of aromatic nitrogens is 1.